The first-order valence-electron chi connectivity index (χ1n) is 9.71. The van der Waals surface area contributed by atoms with Crippen LogP contribution in [-0.4, -0.2) is 64.4 Å². The van der Waals surface area contributed by atoms with Gasteiger partial charge < -0.3 is 9.32 Å². The number of hydrogen-bond acceptors (Lipinski definition) is 6. The molecule has 0 aliphatic carbocycles. The molecule has 1 aromatic carbocycles. The second-order valence-corrected chi connectivity index (χ2v) is 7.75. The van der Waals surface area contributed by atoms with E-state index in [0.29, 0.717) is 23.3 Å². The summed E-state index contributed by atoms with van der Waals surface area (Å²) in [6.07, 6.45) is 2.81. The van der Waals surface area contributed by atoms with Crippen LogP contribution in [0.3, 0.4) is 0 Å². The quantitative estimate of drug-likeness (QED) is 0.648. The first kappa shape index (κ1) is 19.9. The Morgan fingerprint density at radius 1 is 1.07 bits per heavy atom. The minimum atomic E-state index is 0.144. The van der Waals surface area contributed by atoms with E-state index in [0.717, 1.165) is 51.1 Å². The highest BCUT2D eigenvalue weighted by molar-refractivity contribution is 7.99. The number of aryl methyl sites for hydroxylation is 1. The highest BCUT2D eigenvalue weighted by Gasteiger charge is 2.21. The van der Waals surface area contributed by atoms with Gasteiger partial charge in [-0.3, -0.25) is 9.69 Å². The zero-order chi connectivity index (χ0) is 19.1. The molecule has 27 heavy (non-hydrogen) atoms. The fourth-order valence-corrected chi connectivity index (χ4v) is 3.87. The van der Waals surface area contributed by atoms with Gasteiger partial charge in [-0.15, -0.1) is 10.2 Å². The van der Waals surface area contributed by atoms with Crippen LogP contribution in [0.25, 0.3) is 0 Å². The molecule has 0 N–H and O–H groups in total. The van der Waals surface area contributed by atoms with Crippen molar-refractivity contribution in [2.75, 3.05) is 38.5 Å². The average Bonchev–Trinajstić information content (AvgIpc) is 3.15. The smallest absolute Gasteiger partial charge is 0.277 e. The zero-order valence-corrected chi connectivity index (χ0v) is 17.0. The van der Waals surface area contributed by atoms with Gasteiger partial charge in [-0.1, -0.05) is 49.9 Å². The van der Waals surface area contributed by atoms with Gasteiger partial charge in [0.25, 0.3) is 5.22 Å². The number of carbonyl (C=O) groups is 1. The minimum Gasteiger partial charge on any atom is -0.416 e. The fourth-order valence-electron chi connectivity index (χ4n) is 3.19. The Morgan fingerprint density at radius 3 is 2.44 bits per heavy atom. The number of rotatable bonds is 8. The van der Waals surface area contributed by atoms with Crippen molar-refractivity contribution in [3.63, 3.8) is 0 Å². The molecule has 2 heterocycles. The molecule has 1 aliphatic rings. The Balaban J connectivity index is 1.44. The summed E-state index contributed by atoms with van der Waals surface area (Å²) < 4.78 is 5.69. The largest absolute Gasteiger partial charge is 0.416 e. The monoisotopic (exact) mass is 388 g/mol. The minimum absolute atomic E-state index is 0.144. The second kappa shape index (κ2) is 9.90. The molecular weight excluding hydrogens is 360 g/mol. The van der Waals surface area contributed by atoms with Crippen molar-refractivity contribution in [3.8, 4) is 0 Å². The van der Waals surface area contributed by atoms with E-state index < -0.39 is 0 Å². The number of benzene rings is 1. The van der Waals surface area contributed by atoms with Crippen molar-refractivity contribution in [2.24, 2.45) is 0 Å². The van der Waals surface area contributed by atoms with Gasteiger partial charge in [0.2, 0.25) is 11.8 Å². The number of carbonyl (C=O) groups excluding carboxylic acids is 1. The molecule has 3 rings (SSSR count). The SMILES string of the molecule is CCCN1CCN(C(=O)CSc2nnc(Cc3ccc(CC)cc3)o2)CC1. The van der Waals surface area contributed by atoms with Gasteiger partial charge in [0.1, 0.15) is 0 Å². The molecule has 0 unspecified atom stereocenters. The molecule has 1 aromatic heterocycles. The van der Waals surface area contributed by atoms with Crippen LogP contribution in [0.15, 0.2) is 33.9 Å². The number of piperazine rings is 1. The molecule has 0 atom stereocenters. The summed E-state index contributed by atoms with van der Waals surface area (Å²) in [7, 11) is 0. The normalized spacial score (nSPS) is 15.3. The molecule has 6 nitrogen and oxygen atoms in total. The Hall–Kier alpha value is -1.86. The summed E-state index contributed by atoms with van der Waals surface area (Å²) in [6, 6.07) is 8.44. The van der Waals surface area contributed by atoms with Crippen LogP contribution < -0.4 is 0 Å². The molecule has 7 heteroatoms. The molecule has 1 amide bonds. The van der Waals surface area contributed by atoms with Gasteiger partial charge in [-0.2, -0.15) is 0 Å². The van der Waals surface area contributed by atoms with Crippen molar-refractivity contribution >= 4 is 17.7 Å². The van der Waals surface area contributed by atoms with E-state index in [1.165, 1.54) is 17.3 Å². The van der Waals surface area contributed by atoms with Crippen LogP contribution in [0.4, 0.5) is 0 Å². The highest BCUT2D eigenvalue weighted by atomic mass is 32.2. The van der Waals surface area contributed by atoms with E-state index in [9.17, 15) is 4.79 Å². The van der Waals surface area contributed by atoms with Crippen LogP contribution in [0.5, 0.6) is 0 Å². The van der Waals surface area contributed by atoms with E-state index in [1.54, 1.807) is 0 Å². The molecule has 1 aliphatic heterocycles. The molecule has 0 bridgehead atoms. The first-order chi connectivity index (χ1) is 13.2. The maximum absolute atomic E-state index is 12.4. The summed E-state index contributed by atoms with van der Waals surface area (Å²) in [5.41, 5.74) is 2.46. The molecular formula is C20H28N4O2S. The van der Waals surface area contributed by atoms with E-state index in [1.807, 2.05) is 4.90 Å². The third kappa shape index (κ3) is 5.81. The van der Waals surface area contributed by atoms with E-state index in [-0.39, 0.29) is 5.91 Å². The summed E-state index contributed by atoms with van der Waals surface area (Å²) in [5, 5.41) is 8.64. The topological polar surface area (TPSA) is 62.5 Å². The third-order valence-corrected chi connectivity index (χ3v) is 5.62. The lowest BCUT2D eigenvalue weighted by molar-refractivity contribution is -0.130. The molecule has 0 saturated carbocycles. The van der Waals surface area contributed by atoms with Crippen molar-refractivity contribution < 1.29 is 9.21 Å². The summed E-state index contributed by atoms with van der Waals surface area (Å²) in [4.78, 5) is 16.7. The number of aromatic nitrogens is 2. The lowest BCUT2D eigenvalue weighted by atomic mass is 10.1. The number of hydrogen-bond donors (Lipinski definition) is 0. The highest BCUT2D eigenvalue weighted by Crippen LogP contribution is 2.19. The average molecular weight is 389 g/mol. The Labute approximate surface area is 165 Å². The zero-order valence-electron chi connectivity index (χ0n) is 16.2. The number of amides is 1. The van der Waals surface area contributed by atoms with Crippen LogP contribution in [0.2, 0.25) is 0 Å². The standard InChI is InChI=1S/C20H28N4O2S/c1-3-9-23-10-12-24(13-11-23)19(25)15-27-20-22-21-18(26-20)14-17-7-5-16(4-2)6-8-17/h5-8H,3-4,9-15H2,1-2H3. The summed E-state index contributed by atoms with van der Waals surface area (Å²) in [6.45, 7) is 8.99. The summed E-state index contributed by atoms with van der Waals surface area (Å²) in [5.74, 6) is 1.08. The number of thioether (sulfide) groups is 1. The van der Waals surface area contributed by atoms with Crippen molar-refractivity contribution in [1.29, 1.82) is 0 Å². The van der Waals surface area contributed by atoms with Gasteiger partial charge in [0, 0.05) is 26.2 Å². The molecule has 0 radical (unpaired) electrons. The number of nitrogens with zero attached hydrogens (tertiary/aromatic N) is 4. The fraction of sp³-hybridized carbons (Fsp3) is 0.550. The Kier molecular flexibility index (Phi) is 7.29. The Bertz CT molecular complexity index is 724. The van der Waals surface area contributed by atoms with E-state index >= 15 is 0 Å². The van der Waals surface area contributed by atoms with Crippen LogP contribution in [0.1, 0.15) is 37.3 Å². The lowest BCUT2D eigenvalue weighted by Gasteiger charge is -2.34. The van der Waals surface area contributed by atoms with Gasteiger partial charge in [-0.25, -0.2) is 0 Å². The third-order valence-electron chi connectivity index (χ3n) is 4.82. The maximum Gasteiger partial charge on any atom is 0.277 e. The predicted octanol–water partition coefficient (Wildman–Crippen LogP) is 2.87. The van der Waals surface area contributed by atoms with Crippen molar-refractivity contribution in [3.05, 3.63) is 41.3 Å². The van der Waals surface area contributed by atoms with Gasteiger partial charge in [0.15, 0.2) is 0 Å². The van der Waals surface area contributed by atoms with Gasteiger partial charge in [-0.05, 0) is 30.5 Å². The van der Waals surface area contributed by atoms with Crippen LogP contribution in [-0.2, 0) is 17.6 Å². The molecule has 1 fully saturated rings. The maximum atomic E-state index is 12.4. The van der Waals surface area contributed by atoms with Gasteiger partial charge in [0.05, 0.1) is 12.2 Å². The van der Waals surface area contributed by atoms with Crippen LogP contribution >= 0.6 is 11.8 Å². The molecule has 2 aromatic rings. The summed E-state index contributed by atoms with van der Waals surface area (Å²) >= 11 is 1.33. The van der Waals surface area contributed by atoms with E-state index in [2.05, 4.69) is 53.2 Å². The van der Waals surface area contributed by atoms with Gasteiger partial charge >= 0.3 is 0 Å². The van der Waals surface area contributed by atoms with Crippen molar-refractivity contribution in [1.82, 2.24) is 20.0 Å². The Morgan fingerprint density at radius 2 is 1.78 bits per heavy atom. The first-order valence-corrected chi connectivity index (χ1v) is 10.7. The lowest BCUT2D eigenvalue weighted by Crippen LogP contribution is -2.49. The van der Waals surface area contributed by atoms with E-state index in [4.69, 9.17) is 4.42 Å². The van der Waals surface area contributed by atoms with Crippen molar-refractivity contribution in [2.45, 2.75) is 38.3 Å². The molecule has 146 valence electrons. The van der Waals surface area contributed by atoms with Crippen LogP contribution in [0, 0.1) is 0 Å². The predicted molar refractivity (Wildman–Crippen MR) is 107 cm³/mol. The molecule has 1 saturated heterocycles. The molecule has 0 spiro atoms. The second-order valence-electron chi connectivity index (χ2n) is 6.82.